The van der Waals surface area contributed by atoms with Crippen LogP contribution in [0.3, 0.4) is 0 Å². The minimum Gasteiger partial charge on any atom is -0.339 e. The Kier molecular flexibility index (Phi) is 3.28. The molecule has 0 spiro atoms. The van der Waals surface area contributed by atoms with E-state index in [1.807, 2.05) is 38.1 Å². The highest BCUT2D eigenvalue weighted by Crippen LogP contribution is 2.27. The van der Waals surface area contributed by atoms with E-state index in [1.165, 1.54) is 0 Å². The van der Waals surface area contributed by atoms with Crippen molar-refractivity contribution in [2.45, 2.75) is 20.3 Å². The van der Waals surface area contributed by atoms with Crippen molar-refractivity contribution >= 4 is 34.2 Å². The highest BCUT2D eigenvalue weighted by atomic mass is 35.5. The highest BCUT2D eigenvalue weighted by molar-refractivity contribution is 6.30. The van der Waals surface area contributed by atoms with Crippen LogP contribution >= 0.6 is 11.6 Å². The first-order chi connectivity index (χ1) is 9.67. The van der Waals surface area contributed by atoms with E-state index in [-0.39, 0.29) is 0 Å². The van der Waals surface area contributed by atoms with Gasteiger partial charge < -0.3 is 9.84 Å². The molecule has 3 rings (SSSR count). The number of rotatable bonds is 3. The lowest BCUT2D eigenvalue weighted by atomic mass is 10.2. The normalized spacial score (nSPS) is 10.9. The third-order valence-corrected chi connectivity index (χ3v) is 3.21. The first-order valence-electron chi connectivity index (χ1n) is 6.33. The number of hydrogen-bond acceptors (Lipinski definition) is 5. The second-order valence-electron chi connectivity index (χ2n) is 4.41. The van der Waals surface area contributed by atoms with Crippen LogP contribution in [0.5, 0.6) is 0 Å². The van der Waals surface area contributed by atoms with Crippen LogP contribution in [-0.4, -0.2) is 15.1 Å². The van der Waals surface area contributed by atoms with Crippen LogP contribution in [-0.2, 0) is 6.42 Å². The molecule has 0 saturated heterocycles. The van der Waals surface area contributed by atoms with Crippen molar-refractivity contribution in [3.05, 3.63) is 40.8 Å². The summed E-state index contributed by atoms with van der Waals surface area (Å²) in [4.78, 5) is 8.70. The zero-order valence-corrected chi connectivity index (χ0v) is 11.9. The maximum absolute atomic E-state index is 5.89. The average Bonchev–Trinajstić information content (AvgIpc) is 2.84. The minimum absolute atomic E-state index is 0.505. The summed E-state index contributed by atoms with van der Waals surface area (Å²) in [6.45, 7) is 3.84. The standard InChI is InChI=1S/C14H13ClN4O/c1-3-11-12-13(16-8(2)17-14(12)20-19-11)18-10-6-4-9(15)5-7-10/h4-7H,3H2,1-2H3,(H,16,17,18). The summed E-state index contributed by atoms with van der Waals surface area (Å²) >= 11 is 5.89. The zero-order valence-electron chi connectivity index (χ0n) is 11.1. The molecule has 0 fully saturated rings. The predicted molar refractivity (Wildman–Crippen MR) is 78.4 cm³/mol. The lowest BCUT2D eigenvalue weighted by Crippen LogP contribution is -1.99. The predicted octanol–water partition coefficient (Wildman–Crippen LogP) is 3.89. The summed E-state index contributed by atoms with van der Waals surface area (Å²) < 4.78 is 5.26. The van der Waals surface area contributed by atoms with Crippen LogP contribution in [0.4, 0.5) is 11.5 Å². The molecule has 0 bridgehead atoms. The van der Waals surface area contributed by atoms with Gasteiger partial charge in [0.2, 0.25) is 0 Å². The molecule has 0 unspecified atom stereocenters. The summed E-state index contributed by atoms with van der Waals surface area (Å²) in [6, 6.07) is 7.43. The molecular weight excluding hydrogens is 276 g/mol. The number of hydrogen-bond donors (Lipinski definition) is 1. The molecule has 1 N–H and O–H groups in total. The number of anilines is 2. The minimum atomic E-state index is 0.505. The van der Waals surface area contributed by atoms with Crippen molar-refractivity contribution in [2.75, 3.05) is 5.32 Å². The Hall–Kier alpha value is -2.14. The molecule has 0 radical (unpaired) electrons. The van der Waals surface area contributed by atoms with Crippen molar-refractivity contribution in [1.82, 2.24) is 15.1 Å². The van der Waals surface area contributed by atoms with Crippen LogP contribution in [0.2, 0.25) is 5.02 Å². The Morgan fingerprint density at radius 1 is 1.20 bits per heavy atom. The first kappa shape index (κ1) is 12.9. The van der Waals surface area contributed by atoms with Gasteiger partial charge in [-0.3, -0.25) is 0 Å². The molecule has 0 atom stereocenters. The number of aryl methyl sites for hydroxylation is 2. The third kappa shape index (κ3) is 2.32. The van der Waals surface area contributed by atoms with Crippen molar-refractivity contribution in [1.29, 1.82) is 0 Å². The van der Waals surface area contributed by atoms with Crippen LogP contribution < -0.4 is 5.32 Å². The van der Waals surface area contributed by atoms with E-state index < -0.39 is 0 Å². The van der Waals surface area contributed by atoms with Crippen molar-refractivity contribution in [3.8, 4) is 0 Å². The van der Waals surface area contributed by atoms with E-state index in [4.69, 9.17) is 16.1 Å². The monoisotopic (exact) mass is 288 g/mol. The summed E-state index contributed by atoms with van der Waals surface area (Å²) in [6.07, 6.45) is 0.759. The molecule has 20 heavy (non-hydrogen) atoms. The Labute approximate surface area is 121 Å². The maximum atomic E-state index is 5.89. The summed E-state index contributed by atoms with van der Waals surface area (Å²) in [5, 5.41) is 8.82. The smallest absolute Gasteiger partial charge is 0.263 e. The van der Waals surface area contributed by atoms with Crippen molar-refractivity contribution in [3.63, 3.8) is 0 Å². The molecule has 3 aromatic rings. The van der Waals surface area contributed by atoms with Gasteiger partial charge in [-0.2, -0.15) is 4.98 Å². The van der Waals surface area contributed by atoms with E-state index in [1.54, 1.807) is 0 Å². The summed E-state index contributed by atoms with van der Waals surface area (Å²) in [7, 11) is 0. The van der Waals surface area contributed by atoms with Gasteiger partial charge in [-0.05, 0) is 37.6 Å². The van der Waals surface area contributed by atoms with E-state index >= 15 is 0 Å². The number of benzene rings is 1. The third-order valence-electron chi connectivity index (χ3n) is 2.96. The number of nitrogens with one attached hydrogen (secondary N) is 1. The Balaban J connectivity index is 2.09. The molecule has 0 aliphatic heterocycles. The fourth-order valence-corrected chi connectivity index (χ4v) is 2.14. The maximum Gasteiger partial charge on any atom is 0.263 e. The van der Waals surface area contributed by atoms with E-state index in [9.17, 15) is 0 Å². The van der Waals surface area contributed by atoms with Crippen molar-refractivity contribution < 1.29 is 4.52 Å². The second-order valence-corrected chi connectivity index (χ2v) is 4.85. The molecule has 2 heterocycles. The molecule has 2 aromatic heterocycles. The number of fused-ring (bicyclic) bond motifs is 1. The quantitative estimate of drug-likeness (QED) is 0.792. The molecule has 0 aliphatic rings. The van der Waals surface area contributed by atoms with E-state index in [0.29, 0.717) is 22.4 Å². The van der Waals surface area contributed by atoms with Gasteiger partial charge in [-0.25, -0.2) is 4.98 Å². The van der Waals surface area contributed by atoms with Crippen LogP contribution in [0, 0.1) is 6.92 Å². The largest absolute Gasteiger partial charge is 0.339 e. The van der Waals surface area contributed by atoms with Gasteiger partial charge in [-0.15, -0.1) is 0 Å². The fourth-order valence-electron chi connectivity index (χ4n) is 2.02. The van der Waals surface area contributed by atoms with E-state index in [2.05, 4.69) is 20.4 Å². The van der Waals surface area contributed by atoms with Crippen LogP contribution in [0.1, 0.15) is 18.4 Å². The fraction of sp³-hybridized carbons (Fsp3) is 0.214. The topological polar surface area (TPSA) is 63.8 Å². The van der Waals surface area contributed by atoms with Gasteiger partial charge in [0.05, 0.1) is 5.69 Å². The van der Waals surface area contributed by atoms with E-state index in [0.717, 1.165) is 23.2 Å². The van der Waals surface area contributed by atoms with Gasteiger partial charge in [0, 0.05) is 10.7 Å². The van der Waals surface area contributed by atoms with Gasteiger partial charge in [-0.1, -0.05) is 23.7 Å². The lowest BCUT2D eigenvalue weighted by Gasteiger charge is -2.07. The molecule has 0 saturated carbocycles. The second kappa shape index (κ2) is 5.09. The Morgan fingerprint density at radius 2 is 1.95 bits per heavy atom. The number of nitrogens with zero attached hydrogens (tertiary/aromatic N) is 3. The first-order valence-corrected chi connectivity index (χ1v) is 6.70. The molecule has 5 nitrogen and oxygen atoms in total. The van der Waals surface area contributed by atoms with Gasteiger partial charge >= 0.3 is 0 Å². The lowest BCUT2D eigenvalue weighted by molar-refractivity contribution is 0.439. The summed E-state index contributed by atoms with van der Waals surface area (Å²) in [5.41, 5.74) is 2.25. The van der Waals surface area contributed by atoms with Crippen LogP contribution in [0.15, 0.2) is 28.8 Å². The zero-order chi connectivity index (χ0) is 14.1. The Bertz CT molecular complexity index is 752. The van der Waals surface area contributed by atoms with Crippen molar-refractivity contribution in [2.24, 2.45) is 0 Å². The molecular formula is C14H13ClN4O. The van der Waals surface area contributed by atoms with Gasteiger partial charge in [0.25, 0.3) is 5.71 Å². The highest BCUT2D eigenvalue weighted by Gasteiger charge is 2.15. The Morgan fingerprint density at radius 3 is 2.65 bits per heavy atom. The van der Waals surface area contributed by atoms with Crippen LogP contribution in [0.25, 0.3) is 11.1 Å². The molecule has 1 aromatic carbocycles. The number of halogens is 1. The van der Waals surface area contributed by atoms with Gasteiger partial charge in [0.15, 0.2) is 0 Å². The molecule has 0 aliphatic carbocycles. The van der Waals surface area contributed by atoms with Gasteiger partial charge in [0.1, 0.15) is 17.0 Å². The number of aromatic nitrogens is 3. The SMILES string of the molecule is CCc1noc2nc(C)nc(Nc3ccc(Cl)cc3)c12. The molecule has 0 amide bonds. The summed E-state index contributed by atoms with van der Waals surface area (Å²) in [5.74, 6) is 1.33. The average molecular weight is 289 g/mol. The molecule has 6 heteroatoms. The molecule has 102 valence electrons.